The number of rotatable bonds is 5. The van der Waals surface area contributed by atoms with Crippen molar-refractivity contribution in [3.8, 4) is 0 Å². The van der Waals surface area contributed by atoms with Gasteiger partial charge in [-0.1, -0.05) is 6.08 Å². The SMILES string of the molecule is CCOC(=O)c1nc(C(F)(F)F)sc1C=CCOC. The Morgan fingerprint density at radius 3 is 2.68 bits per heavy atom. The quantitative estimate of drug-likeness (QED) is 0.784. The number of nitrogens with zero attached hydrogens (tertiary/aromatic N) is 1. The maximum atomic E-state index is 12.6. The molecule has 106 valence electrons. The van der Waals surface area contributed by atoms with E-state index >= 15 is 0 Å². The number of methoxy groups -OCH3 is 1. The van der Waals surface area contributed by atoms with Crippen molar-refractivity contribution in [2.24, 2.45) is 0 Å². The molecule has 8 heteroatoms. The maximum absolute atomic E-state index is 12.6. The molecule has 0 radical (unpaired) electrons. The molecule has 0 aliphatic carbocycles. The van der Waals surface area contributed by atoms with Crippen LogP contribution in [-0.4, -0.2) is 31.3 Å². The van der Waals surface area contributed by atoms with Crippen LogP contribution in [0.4, 0.5) is 13.2 Å². The molecule has 0 bridgehead atoms. The first kappa shape index (κ1) is 15.6. The fourth-order valence-electron chi connectivity index (χ4n) is 1.16. The topological polar surface area (TPSA) is 48.4 Å². The van der Waals surface area contributed by atoms with E-state index in [0.717, 1.165) is 0 Å². The monoisotopic (exact) mass is 295 g/mol. The van der Waals surface area contributed by atoms with Crippen molar-refractivity contribution in [1.29, 1.82) is 0 Å². The number of aromatic nitrogens is 1. The summed E-state index contributed by atoms with van der Waals surface area (Å²) in [5.74, 6) is -0.869. The van der Waals surface area contributed by atoms with Gasteiger partial charge >= 0.3 is 12.1 Å². The summed E-state index contributed by atoms with van der Waals surface area (Å²) < 4.78 is 47.1. The van der Waals surface area contributed by atoms with Gasteiger partial charge in [0, 0.05) is 7.11 Å². The van der Waals surface area contributed by atoms with Crippen LogP contribution in [-0.2, 0) is 15.7 Å². The first-order chi connectivity index (χ1) is 8.90. The number of hydrogen-bond acceptors (Lipinski definition) is 5. The minimum absolute atomic E-state index is 0.0684. The van der Waals surface area contributed by atoms with Crippen molar-refractivity contribution in [2.45, 2.75) is 13.1 Å². The summed E-state index contributed by atoms with van der Waals surface area (Å²) in [7, 11) is 1.45. The fourth-order valence-corrected chi connectivity index (χ4v) is 2.01. The predicted octanol–water partition coefficient (Wildman–Crippen LogP) is 3.00. The van der Waals surface area contributed by atoms with Gasteiger partial charge < -0.3 is 9.47 Å². The second-order valence-corrected chi connectivity index (χ2v) is 4.34. The third-order valence-corrected chi connectivity index (χ3v) is 2.96. The van der Waals surface area contributed by atoms with Crippen molar-refractivity contribution < 1.29 is 27.4 Å². The fraction of sp³-hybridized carbons (Fsp3) is 0.455. The van der Waals surface area contributed by atoms with Crippen LogP contribution >= 0.6 is 11.3 Å². The number of ether oxygens (including phenoxy) is 2. The second kappa shape index (κ2) is 6.67. The summed E-state index contributed by atoms with van der Waals surface area (Å²) in [6.07, 6.45) is -1.72. The highest BCUT2D eigenvalue weighted by molar-refractivity contribution is 7.13. The molecule has 0 aromatic carbocycles. The van der Waals surface area contributed by atoms with Crippen LogP contribution in [0.1, 0.15) is 27.3 Å². The molecule has 0 atom stereocenters. The van der Waals surface area contributed by atoms with Crippen molar-refractivity contribution in [2.75, 3.05) is 20.3 Å². The van der Waals surface area contributed by atoms with Crippen LogP contribution in [0.25, 0.3) is 6.08 Å². The number of esters is 1. The van der Waals surface area contributed by atoms with E-state index in [1.807, 2.05) is 0 Å². The van der Waals surface area contributed by atoms with Crippen molar-refractivity contribution in [3.63, 3.8) is 0 Å². The number of hydrogen-bond donors (Lipinski definition) is 0. The first-order valence-corrected chi connectivity index (χ1v) is 6.12. The Hall–Kier alpha value is -1.41. The van der Waals surface area contributed by atoms with Crippen LogP contribution in [0.15, 0.2) is 6.08 Å². The van der Waals surface area contributed by atoms with E-state index in [-0.39, 0.29) is 23.8 Å². The molecule has 19 heavy (non-hydrogen) atoms. The van der Waals surface area contributed by atoms with Gasteiger partial charge in [0.15, 0.2) is 10.7 Å². The van der Waals surface area contributed by atoms with Gasteiger partial charge in [0.2, 0.25) is 0 Å². The molecule has 1 rings (SSSR count). The van der Waals surface area contributed by atoms with Gasteiger partial charge in [-0.05, 0) is 13.0 Å². The Kier molecular flexibility index (Phi) is 5.49. The van der Waals surface area contributed by atoms with E-state index in [4.69, 9.17) is 4.74 Å². The maximum Gasteiger partial charge on any atom is 0.443 e. The van der Waals surface area contributed by atoms with Gasteiger partial charge in [-0.3, -0.25) is 0 Å². The number of halogens is 3. The minimum atomic E-state index is -4.58. The zero-order valence-corrected chi connectivity index (χ0v) is 11.1. The molecule has 0 N–H and O–H groups in total. The lowest BCUT2D eigenvalue weighted by atomic mass is 10.3. The molecule has 0 saturated carbocycles. The predicted molar refractivity (Wildman–Crippen MR) is 64.0 cm³/mol. The summed E-state index contributed by atoms with van der Waals surface area (Å²) in [4.78, 5) is 14.9. The molecule has 0 amide bonds. The molecule has 4 nitrogen and oxygen atoms in total. The van der Waals surface area contributed by atoms with Crippen LogP contribution < -0.4 is 0 Å². The normalized spacial score (nSPS) is 12.1. The molecule has 1 aromatic rings. The molecule has 0 unspecified atom stereocenters. The highest BCUT2D eigenvalue weighted by Gasteiger charge is 2.37. The van der Waals surface area contributed by atoms with Gasteiger partial charge in [0.25, 0.3) is 0 Å². The molecule has 1 heterocycles. The Labute approximate surface area is 111 Å². The summed E-state index contributed by atoms with van der Waals surface area (Å²) in [5, 5.41) is -1.08. The number of thiazole rings is 1. The van der Waals surface area contributed by atoms with E-state index in [2.05, 4.69) is 9.72 Å². The van der Waals surface area contributed by atoms with Crippen LogP contribution in [0.5, 0.6) is 0 Å². The number of carbonyl (C=O) groups is 1. The zero-order chi connectivity index (χ0) is 14.5. The summed E-state index contributed by atoms with van der Waals surface area (Å²) >= 11 is 0.392. The standard InChI is InChI=1S/C11H12F3NO3S/c1-3-18-9(16)8-7(5-4-6-17-2)19-10(15-8)11(12,13)14/h4-5H,3,6H2,1-2H3. The Bertz CT molecular complexity index is 468. The molecular weight excluding hydrogens is 283 g/mol. The van der Waals surface area contributed by atoms with Crippen molar-refractivity contribution in [1.82, 2.24) is 4.98 Å². The molecule has 0 spiro atoms. The molecule has 0 saturated heterocycles. The van der Waals surface area contributed by atoms with Crippen molar-refractivity contribution in [3.05, 3.63) is 21.7 Å². The highest BCUT2D eigenvalue weighted by atomic mass is 32.1. The minimum Gasteiger partial charge on any atom is -0.461 e. The summed E-state index contributed by atoms with van der Waals surface area (Å²) in [6.45, 7) is 1.86. The van der Waals surface area contributed by atoms with E-state index in [1.54, 1.807) is 6.92 Å². The van der Waals surface area contributed by atoms with Gasteiger partial charge in [0.05, 0.1) is 18.1 Å². The average Bonchev–Trinajstić information content (AvgIpc) is 2.74. The Balaban J connectivity index is 3.11. The smallest absolute Gasteiger partial charge is 0.443 e. The average molecular weight is 295 g/mol. The van der Waals surface area contributed by atoms with Gasteiger partial charge in [-0.25, -0.2) is 9.78 Å². The lowest BCUT2D eigenvalue weighted by Gasteiger charge is -1.99. The van der Waals surface area contributed by atoms with E-state index in [0.29, 0.717) is 11.3 Å². The third-order valence-electron chi connectivity index (χ3n) is 1.90. The van der Waals surface area contributed by atoms with Crippen LogP contribution in [0.3, 0.4) is 0 Å². The highest BCUT2D eigenvalue weighted by Crippen LogP contribution is 2.35. The third kappa shape index (κ3) is 4.32. The Morgan fingerprint density at radius 2 is 2.16 bits per heavy atom. The zero-order valence-electron chi connectivity index (χ0n) is 10.3. The number of alkyl halides is 3. The van der Waals surface area contributed by atoms with E-state index < -0.39 is 17.2 Å². The molecule has 1 aromatic heterocycles. The Morgan fingerprint density at radius 1 is 1.47 bits per heavy atom. The summed E-state index contributed by atoms with van der Waals surface area (Å²) in [5.41, 5.74) is -0.327. The molecule has 0 fully saturated rings. The van der Waals surface area contributed by atoms with Crippen LogP contribution in [0.2, 0.25) is 0 Å². The molecule has 0 aliphatic heterocycles. The second-order valence-electron chi connectivity index (χ2n) is 3.31. The summed E-state index contributed by atoms with van der Waals surface area (Å²) in [6, 6.07) is 0. The van der Waals surface area contributed by atoms with E-state index in [1.165, 1.54) is 19.3 Å². The first-order valence-electron chi connectivity index (χ1n) is 5.30. The molecule has 0 aliphatic rings. The number of carbonyl (C=O) groups excluding carboxylic acids is 1. The van der Waals surface area contributed by atoms with Gasteiger partial charge in [0.1, 0.15) is 0 Å². The van der Waals surface area contributed by atoms with Gasteiger partial charge in [-0.15, -0.1) is 11.3 Å². The van der Waals surface area contributed by atoms with Crippen LogP contribution in [0, 0.1) is 0 Å². The molecular formula is C11H12F3NO3S. The van der Waals surface area contributed by atoms with Gasteiger partial charge in [-0.2, -0.15) is 13.2 Å². The lowest BCUT2D eigenvalue weighted by Crippen LogP contribution is -2.09. The lowest BCUT2D eigenvalue weighted by molar-refractivity contribution is -0.137. The van der Waals surface area contributed by atoms with E-state index in [9.17, 15) is 18.0 Å². The largest absolute Gasteiger partial charge is 0.461 e. The van der Waals surface area contributed by atoms with Crippen molar-refractivity contribution >= 4 is 23.4 Å².